The normalized spacial score (nSPS) is 11.5. The molecule has 0 bridgehead atoms. The number of aromatic nitrogens is 2. The Balaban J connectivity index is 1.95. The minimum Gasteiger partial charge on any atom is -0.357 e. The number of hydrogen-bond donors (Lipinski definition) is 2. The maximum atomic E-state index is 12.9. The van der Waals surface area contributed by atoms with Crippen molar-refractivity contribution < 1.29 is 4.39 Å². The number of guanidine groups is 1. The molecule has 0 aliphatic heterocycles. The van der Waals surface area contributed by atoms with Crippen LogP contribution in [0, 0.1) is 5.82 Å². The first-order valence-electron chi connectivity index (χ1n) is 6.92. The van der Waals surface area contributed by atoms with Crippen LogP contribution in [-0.2, 0) is 20.1 Å². The van der Waals surface area contributed by atoms with Crippen molar-refractivity contribution in [2.75, 3.05) is 6.54 Å². The lowest BCUT2D eigenvalue weighted by Crippen LogP contribution is -2.37. The van der Waals surface area contributed by atoms with Gasteiger partial charge in [0.25, 0.3) is 0 Å². The summed E-state index contributed by atoms with van der Waals surface area (Å²) < 4.78 is 14.7. The Morgan fingerprint density at radius 1 is 1.24 bits per heavy atom. The zero-order valence-electron chi connectivity index (χ0n) is 12.3. The average Bonchev–Trinajstić information content (AvgIpc) is 2.89. The number of aryl methyl sites for hydroxylation is 1. The van der Waals surface area contributed by atoms with Gasteiger partial charge in [-0.2, -0.15) is 5.10 Å². The van der Waals surface area contributed by atoms with Gasteiger partial charge in [-0.25, -0.2) is 9.38 Å². The molecule has 2 N–H and O–H groups in total. The molecule has 0 amide bonds. The van der Waals surface area contributed by atoms with Crippen molar-refractivity contribution in [3.63, 3.8) is 0 Å². The molecule has 1 aromatic heterocycles. The molecule has 2 rings (SSSR count). The highest BCUT2D eigenvalue weighted by Gasteiger charge is 2.01. The van der Waals surface area contributed by atoms with Gasteiger partial charge in [0.2, 0.25) is 0 Å². The number of rotatable bonds is 5. The molecule has 6 heteroatoms. The van der Waals surface area contributed by atoms with E-state index in [1.54, 1.807) is 18.3 Å². The van der Waals surface area contributed by atoms with Crippen LogP contribution < -0.4 is 10.6 Å². The number of halogens is 1. The van der Waals surface area contributed by atoms with Crippen molar-refractivity contribution in [2.45, 2.75) is 20.0 Å². The van der Waals surface area contributed by atoms with Gasteiger partial charge < -0.3 is 10.6 Å². The van der Waals surface area contributed by atoms with Gasteiger partial charge in [0.1, 0.15) is 5.82 Å². The smallest absolute Gasteiger partial charge is 0.191 e. The van der Waals surface area contributed by atoms with Gasteiger partial charge in [0, 0.05) is 19.8 Å². The van der Waals surface area contributed by atoms with Gasteiger partial charge in [-0.3, -0.25) is 4.68 Å². The Morgan fingerprint density at radius 2 is 2.00 bits per heavy atom. The van der Waals surface area contributed by atoms with Crippen molar-refractivity contribution in [1.82, 2.24) is 20.4 Å². The SMILES string of the molecule is CCNC(=NCc1ccc(F)cc1)NCc1ccnn1C. The Morgan fingerprint density at radius 3 is 2.62 bits per heavy atom. The summed E-state index contributed by atoms with van der Waals surface area (Å²) in [6, 6.07) is 8.32. The quantitative estimate of drug-likeness (QED) is 0.652. The number of nitrogens with one attached hydrogen (secondary N) is 2. The number of benzene rings is 1. The van der Waals surface area contributed by atoms with Gasteiger partial charge in [0.15, 0.2) is 5.96 Å². The van der Waals surface area contributed by atoms with Crippen LogP contribution in [0.4, 0.5) is 4.39 Å². The minimum absolute atomic E-state index is 0.232. The van der Waals surface area contributed by atoms with E-state index >= 15 is 0 Å². The van der Waals surface area contributed by atoms with Gasteiger partial charge in [0.05, 0.1) is 18.8 Å². The molecule has 1 aromatic carbocycles. The van der Waals surface area contributed by atoms with Crippen LogP contribution in [0.2, 0.25) is 0 Å². The predicted octanol–water partition coefficient (Wildman–Crippen LogP) is 1.81. The van der Waals surface area contributed by atoms with Crippen LogP contribution in [0.15, 0.2) is 41.5 Å². The summed E-state index contributed by atoms with van der Waals surface area (Å²) >= 11 is 0. The molecule has 1 heterocycles. The number of nitrogens with zero attached hydrogens (tertiary/aromatic N) is 3. The Kier molecular flexibility index (Phi) is 5.31. The first-order valence-corrected chi connectivity index (χ1v) is 6.92. The summed E-state index contributed by atoms with van der Waals surface area (Å²) in [5.41, 5.74) is 2.04. The minimum atomic E-state index is -0.232. The third-order valence-corrected chi connectivity index (χ3v) is 3.04. The predicted molar refractivity (Wildman–Crippen MR) is 81.3 cm³/mol. The van der Waals surface area contributed by atoms with Crippen LogP contribution in [0.25, 0.3) is 0 Å². The van der Waals surface area contributed by atoms with E-state index < -0.39 is 0 Å². The van der Waals surface area contributed by atoms with Crippen LogP contribution >= 0.6 is 0 Å². The van der Waals surface area contributed by atoms with Crippen LogP contribution in [0.3, 0.4) is 0 Å². The van der Waals surface area contributed by atoms with E-state index in [2.05, 4.69) is 20.7 Å². The summed E-state index contributed by atoms with van der Waals surface area (Å²) in [5.74, 6) is 0.493. The van der Waals surface area contributed by atoms with E-state index in [9.17, 15) is 4.39 Å². The third kappa shape index (κ3) is 4.59. The zero-order chi connectivity index (χ0) is 15.1. The highest BCUT2D eigenvalue weighted by Crippen LogP contribution is 2.04. The molecule has 5 nitrogen and oxygen atoms in total. The number of hydrogen-bond acceptors (Lipinski definition) is 2. The van der Waals surface area contributed by atoms with Gasteiger partial charge >= 0.3 is 0 Å². The molecule has 0 aliphatic carbocycles. The lowest BCUT2D eigenvalue weighted by molar-refractivity contribution is 0.627. The first kappa shape index (κ1) is 15.0. The van der Waals surface area contributed by atoms with E-state index in [0.29, 0.717) is 13.1 Å². The molecule has 0 spiro atoms. The molecule has 21 heavy (non-hydrogen) atoms. The van der Waals surface area contributed by atoms with Crippen molar-refractivity contribution in [3.8, 4) is 0 Å². The van der Waals surface area contributed by atoms with E-state index in [1.165, 1.54) is 12.1 Å². The zero-order valence-corrected chi connectivity index (χ0v) is 12.3. The maximum absolute atomic E-state index is 12.9. The molecule has 0 saturated heterocycles. The highest BCUT2D eigenvalue weighted by atomic mass is 19.1. The fourth-order valence-electron chi connectivity index (χ4n) is 1.85. The van der Waals surface area contributed by atoms with E-state index in [-0.39, 0.29) is 5.82 Å². The Labute approximate surface area is 123 Å². The van der Waals surface area contributed by atoms with E-state index in [0.717, 1.165) is 23.8 Å². The summed E-state index contributed by atoms with van der Waals surface area (Å²) in [6.07, 6.45) is 1.76. The molecule has 2 aromatic rings. The molecule has 0 fully saturated rings. The topological polar surface area (TPSA) is 54.2 Å². The standard InChI is InChI=1S/C15H20FN5/c1-3-17-15(19-11-14-8-9-20-21(14)2)18-10-12-4-6-13(16)7-5-12/h4-9H,3,10-11H2,1-2H3,(H2,17,18,19). The summed E-state index contributed by atoms with van der Waals surface area (Å²) in [5, 5.41) is 10.6. The van der Waals surface area contributed by atoms with Gasteiger partial charge in [-0.05, 0) is 30.7 Å². The van der Waals surface area contributed by atoms with Gasteiger partial charge in [-0.1, -0.05) is 12.1 Å². The van der Waals surface area contributed by atoms with E-state index in [1.807, 2.05) is 24.7 Å². The number of aliphatic imine (C=N–C) groups is 1. The van der Waals surface area contributed by atoms with Crippen LogP contribution in [0.1, 0.15) is 18.2 Å². The van der Waals surface area contributed by atoms with Crippen LogP contribution in [0.5, 0.6) is 0 Å². The Bertz CT molecular complexity index is 588. The monoisotopic (exact) mass is 289 g/mol. The summed E-state index contributed by atoms with van der Waals surface area (Å²) in [4.78, 5) is 4.48. The molecule has 112 valence electrons. The fraction of sp³-hybridized carbons (Fsp3) is 0.333. The average molecular weight is 289 g/mol. The largest absolute Gasteiger partial charge is 0.357 e. The molecular formula is C15H20FN5. The lowest BCUT2D eigenvalue weighted by Gasteiger charge is -2.11. The highest BCUT2D eigenvalue weighted by molar-refractivity contribution is 5.79. The molecule has 0 atom stereocenters. The second-order valence-electron chi connectivity index (χ2n) is 4.62. The van der Waals surface area contributed by atoms with Gasteiger partial charge in [-0.15, -0.1) is 0 Å². The summed E-state index contributed by atoms with van der Waals surface area (Å²) in [7, 11) is 1.90. The van der Waals surface area contributed by atoms with Crippen molar-refractivity contribution >= 4 is 5.96 Å². The molecule has 0 saturated carbocycles. The molecule has 0 radical (unpaired) electrons. The lowest BCUT2D eigenvalue weighted by atomic mass is 10.2. The van der Waals surface area contributed by atoms with E-state index in [4.69, 9.17) is 0 Å². The molecule has 0 aliphatic rings. The molecule has 0 unspecified atom stereocenters. The second-order valence-corrected chi connectivity index (χ2v) is 4.62. The first-order chi connectivity index (χ1) is 10.2. The fourth-order valence-corrected chi connectivity index (χ4v) is 1.85. The summed E-state index contributed by atoms with van der Waals surface area (Å²) in [6.45, 7) is 3.94. The molecular weight excluding hydrogens is 269 g/mol. The van der Waals surface area contributed by atoms with Crippen molar-refractivity contribution in [3.05, 3.63) is 53.6 Å². The van der Waals surface area contributed by atoms with Crippen LogP contribution in [-0.4, -0.2) is 22.3 Å². The maximum Gasteiger partial charge on any atom is 0.191 e. The second kappa shape index (κ2) is 7.42. The van der Waals surface area contributed by atoms with Crippen molar-refractivity contribution in [1.29, 1.82) is 0 Å². The van der Waals surface area contributed by atoms with Crippen molar-refractivity contribution in [2.24, 2.45) is 12.0 Å². The Hall–Kier alpha value is -2.37. The third-order valence-electron chi connectivity index (χ3n) is 3.04.